The molecule has 1 aromatic carbocycles. The maximum Gasteiger partial charge on any atom is 0.172 e. The normalized spacial score (nSPS) is 19.3. The van der Waals surface area contributed by atoms with Gasteiger partial charge in [0.05, 0.1) is 11.0 Å². The van der Waals surface area contributed by atoms with Gasteiger partial charge in [-0.1, -0.05) is 12.1 Å². The maximum atomic E-state index is 9.38. The molecule has 0 bridgehead atoms. The minimum atomic E-state index is 0.242. The summed E-state index contributed by atoms with van der Waals surface area (Å²) in [5, 5.41) is 12.5. The van der Waals surface area contributed by atoms with Crippen LogP contribution in [0.25, 0.3) is 11.0 Å². The largest absolute Gasteiger partial charge is 0.396 e. The average molecular weight is 272 g/mol. The Kier molecular flexibility index (Phi) is 3.69. The molecule has 0 unspecified atom stereocenters. The fourth-order valence-electron chi connectivity index (χ4n) is 2.79. The Labute approximate surface area is 118 Å². The van der Waals surface area contributed by atoms with E-state index < -0.39 is 0 Å². The van der Waals surface area contributed by atoms with Crippen molar-refractivity contribution in [2.45, 2.75) is 12.8 Å². The van der Waals surface area contributed by atoms with Gasteiger partial charge in [-0.25, -0.2) is 9.97 Å². The van der Waals surface area contributed by atoms with Gasteiger partial charge in [0, 0.05) is 26.7 Å². The first-order chi connectivity index (χ1) is 9.81. The lowest BCUT2D eigenvalue weighted by molar-refractivity contribution is 0.208. The molecule has 0 aliphatic carbocycles. The average Bonchev–Trinajstić information content (AvgIpc) is 2.53. The van der Waals surface area contributed by atoms with Crippen molar-refractivity contribution >= 4 is 22.7 Å². The smallest absolute Gasteiger partial charge is 0.172 e. The molecular weight excluding hydrogens is 252 g/mol. The standard InChI is InChI=1S/C15H20N4O/c1-16-14-15(19-8-4-5-11(9-19)10-20)18-13-7-3-2-6-12(13)17-14/h2-3,6-7,11,20H,4-5,8-10H2,1H3,(H,16,17)/t11-/m0/s1. The first kappa shape index (κ1) is 13.1. The van der Waals surface area contributed by atoms with Gasteiger partial charge in [-0.3, -0.25) is 0 Å². The molecule has 0 radical (unpaired) electrons. The Balaban J connectivity index is 2.00. The summed E-state index contributed by atoms with van der Waals surface area (Å²) in [6.45, 7) is 2.06. The highest BCUT2D eigenvalue weighted by Gasteiger charge is 2.23. The molecule has 5 nitrogen and oxygen atoms in total. The monoisotopic (exact) mass is 272 g/mol. The van der Waals surface area contributed by atoms with Crippen LogP contribution in [0.2, 0.25) is 0 Å². The molecule has 1 atom stereocenters. The number of benzene rings is 1. The van der Waals surface area contributed by atoms with Crippen LogP contribution in [0.4, 0.5) is 11.6 Å². The summed E-state index contributed by atoms with van der Waals surface area (Å²) in [7, 11) is 1.87. The van der Waals surface area contributed by atoms with Crippen molar-refractivity contribution in [3.05, 3.63) is 24.3 Å². The van der Waals surface area contributed by atoms with Gasteiger partial charge < -0.3 is 15.3 Å². The number of rotatable bonds is 3. The SMILES string of the molecule is CNc1nc2ccccc2nc1N1CCC[C@H](CO)C1. The van der Waals surface area contributed by atoms with Crippen molar-refractivity contribution in [3.8, 4) is 0 Å². The van der Waals surface area contributed by atoms with Crippen molar-refractivity contribution in [2.24, 2.45) is 5.92 Å². The van der Waals surface area contributed by atoms with E-state index in [1.807, 2.05) is 31.3 Å². The van der Waals surface area contributed by atoms with Gasteiger partial charge in [0.2, 0.25) is 0 Å². The molecule has 3 rings (SSSR count). The lowest BCUT2D eigenvalue weighted by Gasteiger charge is -2.33. The van der Waals surface area contributed by atoms with Crippen LogP contribution in [0.1, 0.15) is 12.8 Å². The van der Waals surface area contributed by atoms with Gasteiger partial charge in [-0.05, 0) is 30.9 Å². The molecule has 1 aliphatic rings. The van der Waals surface area contributed by atoms with E-state index in [2.05, 4.69) is 15.2 Å². The van der Waals surface area contributed by atoms with Crippen molar-refractivity contribution in [1.29, 1.82) is 0 Å². The predicted octanol–water partition coefficient (Wildman–Crippen LogP) is 1.88. The minimum absolute atomic E-state index is 0.242. The fraction of sp³-hybridized carbons (Fsp3) is 0.467. The molecular formula is C15H20N4O. The van der Waals surface area contributed by atoms with Gasteiger partial charge in [0.15, 0.2) is 11.6 Å². The lowest BCUT2D eigenvalue weighted by atomic mass is 9.99. The van der Waals surface area contributed by atoms with Crippen LogP contribution in [-0.4, -0.2) is 41.8 Å². The highest BCUT2D eigenvalue weighted by Crippen LogP contribution is 2.28. The lowest BCUT2D eigenvalue weighted by Crippen LogP contribution is -2.37. The molecule has 106 valence electrons. The summed E-state index contributed by atoms with van der Waals surface area (Å²) in [5.74, 6) is 2.04. The number of hydrogen-bond donors (Lipinski definition) is 2. The van der Waals surface area contributed by atoms with Gasteiger partial charge in [-0.2, -0.15) is 0 Å². The summed E-state index contributed by atoms with van der Waals surface area (Å²) in [4.78, 5) is 11.6. The maximum absolute atomic E-state index is 9.38. The van der Waals surface area contributed by atoms with Crippen LogP contribution < -0.4 is 10.2 Å². The van der Waals surface area contributed by atoms with Crippen LogP contribution in [0, 0.1) is 5.92 Å². The van der Waals surface area contributed by atoms with Crippen molar-refractivity contribution < 1.29 is 5.11 Å². The Morgan fingerprint density at radius 3 is 2.75 bits per heavy atom. The number of piperidine rings is 1. The van der Waals surface area contributed by atoms with E-state index in [4.69, 9.17) is 4.98 Å². The van der Waals surface area contributed by atoms with Gasteiger partial charge >= 0.3 is 0 Å². The molecule has 20 heavy (non-hydrogen) atoms. The second-order valence-electron chi connectivity index (χ2n) is 5.27. The van der Waals surface area contributed by atoms with Gasteiger partial charge in [-0.15, -0.1) is 0 Å². The van der Waals surface area contributed by atoms with E-state index in [1.54, 1.807) is 0 Å². The summed E-state index contributed by atoms with van der Waals surface area (Å²) in [6, 6.07) is 7.91. The molecule has 0 spiro atoms. The highest BCUT2D eigenvalue weighted by molar-refractivity contribution is 5.80. The Morgan fingerprint density at radius 2 is 2.05 bits per heavy atom. The Bertz CT molecular complexity index is 601. The van der Waals surface area contributed by atoms with Crippen LogP contribution >= 0.6 is 0 Å². The number of hydrogen-bond acceptors (Lipinski definition) is 5. The van der Waals surface area contributed by atoms with Crippen LogP contribution in [0.5, 0.6) is 0 Å². The third-order valence-corrected chi connectivity index (χ3v) is 3.87. The first-order valence-electron chi connectivity index (χ1n) is 7.12. The third-order valence-electron chi connectivity index (χ3n) is 3.87. The second kappa shape index (κ2) is 5.63. The minimum Gasteiger partial charge on any atom is -0.396 e. The van der Waals surface area contributed by atoms with E-state index in [1.165, 1.54) is 0 Å². The number of para-hydroxylation sites is 2. The van der Waals surface area contributed by atoms with Crippen molar-refractivity contribution in [2.75, 3.05) is 37.0 Å². The number of anilines is 2. The number of aliphatic hydroxyl groups excluding tert-OH is 1. The number of nitrogens with one attached hydrogen (secondary N) is 1. The summed E-state index contributed by atoms with van der Waals surface area (Å²) in [6.07, 6.45) is 2.17. The van der Waals surface area contributed by atoms with Crippen molar-refractivity contribution in [1.82, 2.24) is 9.97 Å². The number of fused-ring (bicyclic) bond motifs is 1. The molecule has 0 saturated carbocycles. The zero-order chi connectivity index (χ0) is 13.9. The molecule has 5 heteroatoms. The van der Waals surface area contributed by atoms with Gasteiger partial charge in [0.1, 0.15) is 0 Å². The molecule has 2 heterocycles. The summed E-state index contributed by atoms with van der Waals surface area (Å²) >= 11 is 0. The topological polar surface area (TPSA) is 61.3 Å². The molecule has 1 saturated heterocycles. The quantitative estimate of drug-likeness (QED) is 0.893. The zero-order valence-electron chi connectivity index (χ0n) is 11.7. The Hall–Kier alpha value is -1.88. The van der Waals surface area contributed by atoms with E-state index in [0.29, 0.717) is 5.92 Å². The molecule has 0 amide bonds. The van der Waals surface area contributed by atoms with Gasteiger partial charge in [0.25, 0.3) is 0 Å². The predicted molar refractivity (Wildman–Crippen MR) is 81.1 cm³/mol. The molecule has 1 aromatic heterocycles. The third kappa shape index (κ3) is 2.41. The van der Waals surface area contributed by atoms with E-state index in [0.717, 1.165) is 48.6 Å². The highest BCUT2D eigenvalue weighted by atomic mass is 16.3. The number of aromatic nitrogens is 2. The molecule has 1 aliphatic heterocycles. The molecule has 1 fully saturated rings. The number of nitrogens with zero attached hydrogens (tertiary/aromatic N) is 3. The number of aliphatic hydroxyl groups is 1. The van der Waals surface area contributed by atoms with Crippen LogP contribution in [0.3, 0.4) is 0 Å². The second-order valence-corrected chi connectivity index (χ2v) is 5.27. The van der Waals surface area contributed by atoms with Crippen LogP contribution in [0.15, 0.2) is 24.3 Å². The van der Waals surface area contributed by atoms with E-state index >= 15 is 0 Å². The summed E-state index contributed by atoms with van der Waals surface area (Å²) < 4.78 is 0. The summed E-state index contributed by atoms with van der Waals surface area (Å²) in [5.41, 5.74) is 1.81. The first-order valence-corrected chi connectivity index (χ1v) is 7.12. The van der Waals surface area contributed by atoms with Crippen molar-refractivity contribution in [3.63, 3.8) is 0 Å². The molecule has 2 aromatic rings. The van der Waals surface area contributed by atoms with E-state index in [-0.39, 0.29) is 6.61 Å². The molecule has 2 N–H and O–H groups in total. The fourth-order valence-corrected chi connectivity index (χ4v) is 2.79. The van der Waals surface area contributed by atoms with Crippen LogP contribution in [-0.2, 0) is 0 Å². The Morgan fingerprint density at radius 1 is 1.30 bits per heavy atom. The zero-order valence-corrected chi connectivity index (χ0v) is 11.7. The van der Waals surface area contributed by atoms with E-state index in [9.17, 15) is 5.11 Å².